The molecule has 1 aromatic heterocycles. The molecule has 0 amide bonds. The van der Waals surface area contributed by atoms with E-state index in [1.54, 1.807) is 11.3 Å². The Morgan fingerprint density at radius 2 is 1.90 bits per heavy atom. The maximum atomic E-state index is 4.58. The highest BCUT2D eigenvalue weighted by atomic mass is 32.1. The predicted molar refractivity (Wildman–Crippen MR) is 92.1 cm³/mol. The van der Waals surface area contributed by atoms with Crippen LogP contribution in [0.15, 0.2) is 35.7 Å². The molecule has 1 unspecified atom stereocenters. The number of rotatable bonds is 6. The van der Waals surface area contributed by atoms with Gasteiger partial charge in [0.15, 0.2) is 0 Å². The Kier molecular flexibility index (Phi) is 5.54. The van der Waals surface area contributed by atoms with Crippen molar-refractivity contribution < 1.29 is 0 Å². The van der Waals surface area contributed by atoms with E-state index in [0.29, 0.717) is 5.92 Å². The zero-order valence-electron chi connectivity index (χ0n) is 13.5. The summed E-state index contributed by atoms with van der Waals surface area (Å²) in [5, 5.41) is 6.99. The summed E-state index contributed by atoms with van der Waals surface area (Å²) in [6.45, 7) is 9.75. The van der Waals surface area contributed by atoms with E-state index < -0.39 is 0 Å². The lowest BCUT2D eigenvalue weighted by molar-refractivity contribution is 0.399. The largest absolute Gasteiger partial charge is 0.311 e. The zero-order chi connectivity index (χ0) is 15.3. The number of thiazole rings is 1. The molecule has 2 aromatic rings. The van der Waals surface area contributed by atoms with Gasteiger partial charge in [-0.25, -0.2) is 4.98 Å². The SMILES string of the molecule is Cc1nc(CCC(CNC(C)(C)C)c2ccccc2)cs1. The highest BCUT2D eigenvalue weighted by Gasteiger charge is 2.16. The number of aryl methyl sites for hydroxylation is 2. The van der Waals surface area contributed by atoms with Crippen LogP contribution in [0.1, 0.15) is 49.4 Å². The molecule has 2 rings (SSSR count). The summed E-state index contributed by atoms with van der Waals surface area (Å²) in [4.78, 5) is 4.58. The van der Waals surface area contributed by atoms with E-state index in [4.69, 9.17) is 0 Å². The maximum Gasteiger partial charge on any atom is 0.0897 e. The van der Waals surface area contributed by atoms with Crippen molar-refractivity contribution in [3.8, 4) is 0 Å². The van der Waals surface area contributed by atoms with Crippen LogP contribution < -0.4 is 5.32 Å². The van der Waals surface area contributed by atoms with Crippen LogP contribution >= 0.6 is 11.3 Å². The fraction of sp³-hybridized carbons (Fsp3) is 0.500. The van der Waals surface area contributed by atoms with Gasteiger partial charge in [0, 0.05) is 17.5 Å². The van der Waals surface area contributed by atoms with E-state index in [1.165, 1.54) is 11.3 Å². The number of hydrogen-bond acceptors (Lipinski definition) is 3. The minimum atomic E-state index is 0.157. The van der Waals surface area contributed by atoms with Gasteiger partial charge in [-0.05, 0) is 52.0 Å². The van der Waals surface area contributed by atoms with Gasteiger partial charge in [0.2, 0.25) is 0 Å². The molecule has 0 aliphatic heterocycles. The normalized spacial score (nSPS) is 13.3. The molecular weight excluding hydrogens is 276 g/mol. The van der Waals surface area contributed by atoms with Crippen LogP contribution in [0.25, 0.3) is 0 Å². The number of aromatic nitrogens is 1. The van der Waals surface area contributed by atoms with Crippen molar-refractivity contribution in [3.05, 3.63) is 52.0 Å². The van der Waals surface area contributed by atoms with Gasteiger partial charge in [-0.15, -0.1) is 11.3 Å². The van der Waals surface area contributed by atoms with E-state index in [0.717, 1.165) is 24.4 Å². The third kappa shape index (κ3) is 5.60. The molecule has 0 aliphatic carbocycles. The van der Waals surface area contributed by atoms with Gasteiger partial charge in [-0.1, -0.05) is 30.3 Å². The maximum absolute atomic E-state index is 4.58. The molecule has 1 heterocycles. The summed E-state index contributed by atoms with van der Waals surface area (Å²) < 4.78 is 0. The van der Waals surface area contributed by atoms with Crippen molar-refractivity contribution in [2.75, 3.05) is 6.54 Å². The van der Waals surface area contributed by atoms with Crippen LogP contribution in [0.4, 0.5) is 0 Å². The van der Waals surface area contributed by atoms with Crippen molar-refractivity contribution >= 4 is 11.3 Å². The molecule has 0 spiro atoms. The number of benzene rings is 1. The number of nitrogens with one attached hydrogen (secondary N) is 1. The lowest BCUT2D eigenvalue weighted by Gasteiger charge is -2.25. The molecular formula is C18H26N2S. The van der Waals surface area contributed by atoms with Gasteiger partial charge in [0.1, 0.15) is 0 Å². The van der Waals surface area contributed by atoms with Crippen molar-refractivity contribution in [2.45, 2.75) is 52.0 Å². The smallest absolute Gasteiger partial charge is 0.0897 e. The van der Waals surface area contributed by atoms with Crippen molar-refractivity contribution in [3.63, 3.8) is 0 Å². The van der Waals surface area contributed by atoms with Crippen molar-refractivity contribution in [1.82, 2.24) is 10.3 Å². The summed E-state index contributed by atoms with van der Waals surface area (Å²) in [6, 6.07) is 10.8. The van der Waals surface area contributed by atoms with Crippen LogP contribution in [0, 0.1) is 6.92 Å². The minimum absolute atomic E-state index is 0.157. The third-order valence-corrected chi connectivity index (χ3v) is 4.39. The van der Waals surface area contributed by atoms with Crippen LogP contribution in [-0.4, -0.2) is 17.1 Å². The number of hydrogen-bond donors (Lipinski definition) is 1. The Morgan fingerprint density at radius 3 is 2.48 bits per heavy atom. The summed E-state index contributed by atoms with van der Waals surface area (Å²) >= 11 is 1.74. The molecule has 0 aliphatic rings. The van der Waals surface area contributed by atoms with E-state index in [2.05, 4.69) is 73.7 Å². The van der Waals surface area contributed by atoms with Gasteiger partial charge < -0.3 is 5.32 Å². The van der Waals surface area contributed by atoms with Crippen molar-refractivity contribution in [2.24, 2.45) is 0 Å². The standard InChI is InChI=1S/C18H26N2S/c1-14-20-17(13-21-14)11-10-16(12-19-18(2,3)4)15-8-6-5-7-9-15/h5-9,13,16,19H,10-12H2,1-4H3. The molecule has 0 bridgehead atoms. The first kappa shape index (κ1) is 16.2. The molecule has 3 heteroatoms. The highest BCUT2D eigenvalue weighted by molar-refractivity contribution is 7.09. The van der Waals surface area contributed by atoms with Gasteiger partial charge in [-0.2, -0.15) is 0 Å². The molecule has 0 radical (unpaired) electrons. The Labute approximate surface area is 132 Å². The van der Waals surface area contributed by atoms with Crippen molar-refractivity contribution in [1.29, 1.82) is 0 Å². The quantitative estimate of drug-likeness (QED) is 0.846. The first-order valence-corrected chi connectivity index (χ1v) is 8.53. The summed E-state index contributed by atoms with van der Waals surface area (Å²) in [7, 11) is 0. The average molecular weight is 302 g/mol. The highest BCUT2D eigenvalue weighted by Crippen LogP contribution is 2.22. The molecule has 0 saturated heterocycles. The third-order valence-electron chi connectivity index (χ3n) is 3.57. The predicted octanol–water partition coefficient (Wildman–Crippen LogP) is 4.56. The van der Waals surface area contributed by atoms with Gasteiger partial charge in [0.25, 0.3) is 0 Å². The summed E-state index contributed by atoms with van der Waals surface area (Å²) in [6.07, 6.45) is 2.19. The van der Waals surface area contributed by atoms with E-state index >= 15 is 0 Å². The Morgan fingerprint density at radius 1 is 1.19 bits per heavy atom. The van der Waals surface area contributed by atoms with E-state index in [1.807, 2.05) is 0 Å². The molecule has 0 saturated carbocycles. The number of nitrogens with zero attached hydrogens (tertiary/aromatic N) is 1. The summed E-state index contributed by atoms with van der Waals surface area (Å²) in [5.74, 6) is 0.535. The second kappa shape index (κ2) is 7.19. The van der Waals surface area contributed by atoms with E-state index in [9.17, 15) is 0 Å². The Balaban J connectivity index is 2.01. The second-order valence-corrected chi connectivity index (χ2v) is 7.70. The zero-order valence-corrected chi connectivity index (χ0v) is 14.3. The first-order valence-electron chi connectivity index (χ1n) is 7.65. The lowest BCUT2D eigenvalue weighted by atomic mass is 9.92. The van der Waals surface area contributed by atoms with Gasteiger partial charge in [-0.3, -0.25) is 0 Å². The molecule has 1 N–H and O–H groups in total. The van der Waals surface area contributed by atoms with Gasteiger partial charge >= 0.3 is 0 Å². The molecule has 1 atom stereocenters. The van der Waals surface area contributed by atoms with E-state index in [-0.39, 0.29) is 5.54 Å². The van der Waals surface area contributed by atoms with Crippen LogP contribution in [-0.2, 0) is 6.42 Å². The molecule has 0 fully saturated rings. The molecule has 114 valence electrons. The van der Waals surface area contributed by atoms with Gasteiger partial charge in [0.05, 0.1) is 10.7 Å². The topological polar surface area (TPSA) is 24.9 Å². The molecule has 2 nitrogen and oxygen atoms in total. The Bertz CT molecular complexity index is 540. The molecule has 1 aromatic carbocycles. The Hall–Kier alpha value is -1.19. The first-order chi connectivity index (χ1) is 9.94. The molecule has 21 heavy (non-hydrogen) atoms. The fourth-order valence-electron chi connectivity index (χ4n) is 2.39. The van der Waals surface area contributed by atoms with Crippen LogP contribution in [0.3, 0.4) is 0 Å². The fourth-order valence-corrected chi connectivity index (χ4v) is 3.03. The lowest BCUT2D eigenvalue weighted by Crippen LogP contribution is -2.38. The summed E-state index contributed by atoms with van der Waals surface area (Å²) in [5.41, 5.74) is 2.81. The average Bonchev–Trinajstić information content (AvgIpc) is 2.84. The monoisotopic (exact) mass is 302 g/mol. The van der Waals surface area contributed by atoms with Crippen LogP contribution in [0.5, 0.6) is 0 Å². The van der Waals surface area contributed by atoms with Crippen LogP contribution in [0.2, 0.25) is 0 Å². The minimum Gasteiger partial charge on any atom is -0.311 e. The second-order valence-electron chi connectivity index (χ2n) is 6.64.